The lowest BCUT2D eigenvalue weighted by Crippen LogP contribution is -2.41. The van der Waals surface area contributed by atoms with Gasteiger partial charge in [-0.25, -0.2) is 0 Å². The first-order valence-electron chi connectivity index (χ1n) is 5.74. The van der Waals surface area contributed by atoms with E-state index in [-0.39, 0.29) is 0 Å². The summed E-state index contributed by atoms with van der Waals surface area (Å²) in [7, 11) is 2.00. The third-order valence-electron chi connectivity index (χ3n) is 3.35. The molecule has 3 nitrogen and oxygen atoms in total. The van der Waals surface area contributed by atoms with E-state index in [0.29, 0.717) is 11.8 Å². The van der Waals surface area contributed by atoms with Crippen LogP contribution in [0.1, 0.15) is 25.7 Å². The molecule has 2 aliphatic rings. The van der Waals surface area contributed by atoms with Gasteiger partial charge in [-0.2, -0.15) is 0 Å². The van der Waals surface area contributed by atoms with Crippen molar-refractivity contribution in [2.45, 2.75) is 25.7 Å². The Hall–Kier alpha value is -0.570. The summed E-state index contributed by atoms with van der Waals surface area (Å²) in [5.41, 5.74) is 0. The molecule has 0 atom stereocenters. The first kappa shape index (κ1) is 9.97. The molecular formula is C11H20N2O. The molecule has 0 spiro atoms. The van der Waals surface area contributed by atoms with Crippen molar-refractivity contribution >= 4 is 5.91 Å². The standard InChI is InChI=1S/C11H20N2O/c1-12-8-9-4-6-13(7-5-9)11(14)10-2-3-10/h9-10,12H,2-8H2,1H3. The van der Waals surface area contributed by atoms with Crippen molar-refractivity contribution in [2.75, 3.05) is 26.7 Å². The van der Waals surface area contributed by atoms with Crippen LogP contribution in [0.5, 0.6) is 0 Å². The fourth-order valence-corrected chi connectivity index (χ4v) is 2.23. The number of likely N-dealkylation sites (tertiary alicyclic amines) is 1. The van der Waals surface area contributed by atoms with Crippen LogP contribution in [0.4, 0.5) is 0 Å². The minimum absolute atomic E-state index is 0.399. The van der Waals surface area contributed by atoms with E-state index in [9.17, 15) is 4.79 Å². The van der Waals surface area contributed by atoms with E-state index < -0.39 is 0 Å². The maximum absolute atomic E-state index is 11.7. The number of rotatable bonds is 3. The largest absolute Gasteiger partial charge is 0.342 e. The Bertz CT molecular complexity index is 205. The Morgan fingerprint density at radius 3 is 2.43 bits per heavy atom. The zero-order valence-electron chi connectivity index (χ0n) is 8.96. The highest BCUT2D eigenvalue weighted by molar-refractivity contribution is 5.81. The minimum atomic E-state index is 0.399. The third-order valence-corrected chi connectivity index (χ3v) is 3.35. The molecule has 1 aliphatic carbocycles. The van der Waals surface area contributed by atoms with Gasteiger partial charge in [-0.1, -0.05) is 0 Å². The van der Waals surface area contributed by atoms with E-state index in [4.69, 9.17) is 0 Å². The summed E-state index contributed by atoms with van der Waals surface area (Å²) in [6, 6.07) is 0. The maximum atomic E-state index is 11.7. The summed E-state index contributed by atoms with van der Waals surface area (Å²) >= 11 is 0. The van der Waals surface area contributed by atoms with Crippen LogP contribution in [-0.4, -0.2) is 37.5 Å². The Labute approximate surface area is 85.8 Å². The predicted octanol–water partition coefficient (Wildman–Crippen LogP) is 0.854. The first-order chi connectivity index (χ1) is 6.81. The second-order valence-electron chi connectivity index (χ2n) is 4.60. The molecule has 1 amide bonds. The predicted molar refractivity (Wildman–Crippen MR) is 56.0 cm³/mol. The topological polar surface area (TPSA) is 32.3 Å². The normalized spacial score (nSPS) is 23.9. The summed E-state index contributed by atoms with van der Waals surface area (Å²) in [6.45, 7) is 3.08. The van der Waals surface area contributed by atoms with Crippen molar-refractivity contribution in [3.05, 3.63) is 0 Å². The Kier molecular flexibility index (Phi) is 3.06. The van der Waals surface area contributed by atoms with Crippen LogP contribution in [0.2, 0.25) is 0 Å². The number of hydrogen-bond donors (Lipinski definition) is 1. The molecule has 0 radical (unpaired) electrons. The van der Waals surface area contributed by atoms with E-state index in [0.717, 1.165) is 38.4 Å². The second kappa shape index (κ2) is 4.30. The zero-order valence-corrected chi connectivity index (χ0v) is 8.96. The average molecular weight is 196 g/mol. The molecule has 1 N–H and O–H groups in total. The molecule has 0 bridgehead atoms. The lowest BCUT2D eigenvalue weighted by Gasteiger charge is -2.32. The molecule has 2 fully saturated rings. The van der Waals surface area contributed by atoms with Crippen LogP contribution in [0.3, 0.4) is 0 Å². The van der Waals surface area contributed by atoms with Gasteiger partial charge in [-0.15, -0.1) is 0 Å². The summed E-state index contributed by atoms with van der Waals surface area (Å²) < 4.78 is 0. The van der Waals surface area contributed by atoms with E-state index in [1.54, 1.807) is 0 Å². The van der Waals surface area contributed by atoms with Gasteiger partial charge in [-0.3, -0.25) is 4.79 Å². The number of hydrogen-bond acceptors (Lipinski definition) is 2. The lowest BCUT2D eigenvalue weighted by atomic mass is 9.96. The molecular weight excluding hydrogens is 176 g/mol. The van der Waals surface area contributed by atoms with Crippen LogP contribution >= 0.6 is 0 Å². The van der Waals surface area contributed by atoms with Crippen molar-refractivity contribution < 1.29 is 4.79 Å². The minimum Gasteiger partial charge on any atom is -0.342 e. The van der Waals surface area contributed by atoms with E-state index in [1.165, 1.54) is 12.8 Å². The Balaban J connectivity index is 1.74. The van der Waals surface area contributed by atoms with Crippen molar-refractivity contribution in [3.63, 3.8) is 0 Å². The van der Waals surface area contributed by atoms with Gasteiger partial charge in [0.15, 0.2) is 0 Å². The van der Waals surface area contributed by atoms with Gasteiger partial charge in [0.1, 0.15) is 0 Å². The van der Waals surface area contributed by atoms with Gasteiger partial charge < -0.3 is 10.2 Å². The molecule has 3 heteroatoms. The molecule has 0 unspecified atom stereocenters. The second-order valence-corrected chi connectivity index (χ2v) is 4.60. The summed E-state index contributed by atoms with van der Waals surface area (Å²) in [6.07, 6.45) is 4.63. The number of carbonyl (C=O) groups excluding carboxylic acids is 1. The van der Waals surface area contributed by atoms with E-state index in [1.807, 2.05) is 7.05 Å². The summed E-state index contributed by atoms with van der Waals surface area (Å²) in [4.78, 5) is 13.8. The third kappa shape index (κ3) is 2.27. The number of carbonyl (C=O) groups is 1. The molecule has 1 saturated carbocycles. The average Bonchev–Trinajstić information content (AvgIpc) is 3.02. The monoisotopic (exact) mass is 196 g/mol. The van der Waals surface area contributed by atoms with Gasteiger partial charge in [0.25, 0.3) is 0 Å². The lowest BCUT2D eigenvalue weighted by molar-refractivity contribution is -0.133. The highest BCUT2D eigenvalue weighted by atomic mass is 16.2. The summed E-state index contributed by atoms with van der Waals surface area (Å²) in [5, 5.41) is 3.21. The Morgan fingerprint density at radius 1 is 1.29 bits per heavy atom. The molecule has 80 valence electrons. The molecule has 1 heterocycles. The molecule has 2 rings (SSSR count). The zero-order chi connectivity index (χ0) is 9.97. The SMILES string of the molecule is CNCC1CCN(C(=O)C2CC2)CC1. The van der Waals surface area contributed by atoms with Crippen molar-refractivity contribution in [2.24, 2.45) is 11.8 Å². The number of nitrogens with one attached hydrogen (secondary N) is 1. The summed E-state index contributed by atoms with van der Waals surface area (Å²) in [5.74, 6) is 1.60. The van der Waals surface area contributed by atoms with Gasteiger partial charge >= 0.3 is 0 Å². The van der Waals surface area contributed by atoms with Crippen LogP contribution in [0.15, 0.2) is 0 Å². The fraction of sp³-hybridized carbons (Fsp3) is 0.909. The van der Waals surface area contributed by atoms with Crippen molar-refractivity contribution in [1.29, 1.82) is 0 Å². The van der Waals surface area contributed by atoms with Gasteiger partial charge in [0.05, 0.1) is 0 Å². The van der Waals surface area contributed by atoms with Crippen LogP contribution in [0, 0.1) is 11.8 Å². The Morgan fingerprint density at radius 2 is 1.93 bits per heavy atom. The molecule has 0 aromatic rings. The molecule has 14 heavy (non-hydrogen) atoms. The van der Waals surface area contributed by atoms with Crippen LogP contribution < -0.4 is 5.32 Å². The molecule has 1 saturated heterocycles. The van der Waals surface area contributed by atoms with Gasteiger partial charge in [-0.05, 0) is 45.2 Å². The van der Waals surface area contributed by atoms with E-state index in [2.05, 4.69) is 10.2 Å². The number of nitrogens with zero attached hydrogens (tertiary/aromatic N) is 1. The highest BCUT2D eigenvalue weighted by Crippen LogP contribution is 2.32. The fourth-order valence-electron chi connectivity index (χ4n) is 2.23. The van der Waals surface area contributed by atoms with Crippen LogP contribution in [0.25, 0.3) is 0 Å². The van der Waals surface area contributed by atoms with Gasteiger partial charge in [0.2, 0.25) is 5.91 Å². The van der Waals surface area contributed by atoms with Gasteiger partial charge in [0, 0.05) is 19.0 Å². The smallest absolute Gasteiger partial charge is 0.225 e. The first-order valence-corrected chi connectivity index (χ1v) is 5.74. The molecule has 1 aliphatic heterocycles. The molecule has 0 aromatic carbocycles. The van der Waals surface area contributed by atoms with Crippen molar-refractivity contribution in [3.8, 4) is 0 Å². The number of amides is 1. The van der Waals surface area contributed by atoms with Crippen molar-refractivity contribution in [1.82, 2.24) is 10.2 Å². The highest BCUT2D eigenvalue weighted by Gasteiger charge is 2.34. The van der Waals surface area contributed by atoms with E-state index >= 15 is 0 Å². The maximum Gasteiger partial charge on any atom is 0.225 e. The van der Waals surface area contributed by atoms with Crippen LogP contribution in [-0.2, 0) is 4.79 Å². The molecule has 0 aromatic heterocycles. The quantitative estimate of drug-likeness (QED) is 0.726. The number of piperidine rings is 1.